The zero-order valence-corrected chi connectivity index (χ0v) is 22.9. The topological polar surface area (TPSA) is 82.1 Å². The highest BCUT2D eigenvalue weighted by molar-refractivity contribution is 6.35. The summed E-state index contributed by atoms with van der Waals surface area (Å²) >= 11 is 6.72. The van der Waals surface area contributed by atoms with Crippen LogP contribution < -0.4 is 4.74 Å². The molecule has 3 heterocycles. The maximum Gasteiger partial charge on any atom is 0.433 e. The van der Waals surface area contributed by atoms with Gasteiger partial charge in [0.1, 0.15) is 11.4 Å². The fourth-order valence-corrected chi connectivity index (χ4v) is 4.33. The molecule has 0 aliphatic heterocycles. The molecule has 208 valence electrons. The van der Waals surface area contributed by atoms with E-state index in [9.17, 15) is 13.2 Å². The van der Waals surface area contributed by atoms with Gasteiger partial charge in [-0.05, 0) is 45.0 Å². The molecule has 8 nitrogen and oxygen atoms in total. The highest BCUT2D eigenvalue weighted by Gasteiger charge is 2.41. The molecular weight excluding hydrogens is 533 g/mol. The third kappa shape index (κ3) is 6.59. The number of hydrogen-bond donors (Lipinski definition) is 0. The summed E-state index contributed by atoms with van der Waals surface area (Å²) in [6, 6.07) is 6.76. The summed E-state index contributed by atoms with van der Waals surface area (Å²) in [7, 11) is 3.95. The molecular formula is C27H30ClF3N6O2. The molecule has 0 fully saturated rings. The van der Waals surface area contributed by atoms with Crippen molar-refractivity contribution in [2.45, 2.75) is 39.4 Å². The SMILES string of the molecule is CC(C)CCn1ncc(-c2onc(-c3cccc(OCCCN(C)C)c3Cl)c2-c2ncccn2)c1C(F)(F)F. The van der Waals surface area contributed by atoms with Crippen molar-refractivity contribution in [3.63, 3.8) is 0 Å². The standard InChI is InChI=1S/C27H30ClF3N6O2/c1-17(2)10-14-37-25(27(29,30)31)19(16-34-37)24-21(26-32-11-6-12-33-26)23(35-39-24)18-8-5-9-20(22(18)28)38-15-7-13-36(3)4/h5-6,8-9,11-12,16-17H,7,10,13-15H2,1-4H3. The number of hydrogen-bond acceptors (Lipinski definition) is 7. The van der Waals surface area contributed by atoms with Crippen LogP contribution in [0.2, 0.25) is 5.02 Å². The molecule has 0 aliphatic rings. The molecule has 4 rings (SSSR count). The quantitative estimate of drug-likeness (QED) is 0.188. The van der Waals surface area contributed by atoms with Gasteiger partial charge in [-0.3, -0.25) is 4.68 Å². The van der Waals surface area contributed by atoms with Crippen LogP contribution in [0.15, 0.2) is 47.4 Å². The van der Waals surface area contributed by atoms with Crippen LogP contribution in [0.4, 0.5) is 13.2 Å². The minimum Gasteiger partial charge on any atom is -0.492 e. The second-order valence-corrected chi connectivity index (χ2v) is 10.1. The van der Waals surface area contributed by atoms with Crippen LogP contribution in [0, 0.1) is 5.92 Å². The molecule has 0 atom stereocenters. The zero-order chi connectivity index (χ0) is 28.2. The molecule has 0 amide bonds. The molecule has 0 aliphatic carbocycles. The van der Waals surface area contributed by atoms with Crippen molar-refractivity contribution in [2.24, 2.45) is 5.92 Å². The lowest BCUT2D eigenvalue weighted by Crippen LogP contribution is -2.16. The van der Waals surface area contributed by atoms with Crippen LogP contribution >= 0.6 is 11.6 Å². The Kier molecular flexibility index (Phi) is 8.91. The van der Waals surface area contributed by atoms with Gasteiger partial charge in [-0.25, -0.2) is 9.97 Å². The monoisotopic (exact) mass is 562 g/mol. The van der Waals surface area contributed by atoms with E-state index in [1.807, 2.05) is 32.8 Å². The normalized spacial score (nSPS) is 12.1. The molecule has 3 aromatic heterocycles. The summed E-state index contributed by atoms with van der Waals surface area (Å²) in [4.78, 5) is 10.6. The number of alkyl halides is 3. The van der Waals surface area contributed by atoms with Crippen LogP contribution in [0.25, 0.3) is 34.0 Å². The first-order valence-electron chi connectivity index (χ1n) is 12.5. The Morgan fingerprint density at radius 2 is 1.85 bits per heavy atom. The van der Waals surface area contributed by atoms with E-state index in [4.69, 9.17) is 20.9 Å². The Balaban J connectivity index is 1.83. The number of benzene rings is 1. The zero-order valence-electron chi connectivity index (χ0n) is 22.2. The van der Waals surface area contributed by atoms with Crippen LogP contribution in [-0.4, -0.2) is 57.1 Å². The van der Waals surface area contributed by atoms with Crippen molar-refractivity contribution in [1.82, 2.24) is 29.8 Å². The Bertz CT molecular complexity index is 1390. The first-order valence-corrected chi connectivity index (χ1v) is 12.9. The van der Waals surface area contributed by atoms with Crippen LogP contribution in [0.5, 0.6) is 5.75 Å². The van der Waals surface area contributed by atoms with Gasteiger partial charge in [-0.15, -0.1) is 0 Å². The molecule has 0 saturated heterocycles. The van der Waals surface area contributed by atoms with Gasteiger partial charge in [-0.2, -0.15) is 18.3 Å². The van der Waals surface area contributed by atoms with Crippen molar-refractivity contribution in [3.05, 3.63) is 53.6 Å². The van der Waals surface area contributed by atoms with Crippen molar-refractivity contribution in [3.8, 4) is 39.7 Å². The third-order valence-corrected chi connectivity index (χ3v) is 6.37. The smallest absolute Gasteiger partial charge is 0.433 e. The number of nitrogens with zero attached hydrogens (tertiary/aromatic N) is 6. The van der Waals surface area contributed by atoms with Gasteiger partial charge in [0.15, 0.2) is 17.3 Å². The summed E-state index contributed by atoms with van der Waals surface area (Å²) < 4.78 is 55.5. The van der Waals surface area contributed by atoms with E-state index in [1.165, 1.54) is 12.4 Å². The highest BCUT2D eigenvalue weighted by atomic mass is 35.5. The van der Waals surface area contributed by atoms with E-state index in [0.29, 0.717) is 24.3 Å². The molecule has 1 aromatic carbocycles. The summed E-state index contributed by atoms with van der Waals surface area (Å²) in [5.41, 5.74) is -0.383. The highest BCUT2D eigenvalue weighted by Crippen LogP contribution is 2.46. The van der Waals surface area contributed by atoms with Gasteiger partial charge in [0.05, 0.1) is 29.0 Å². The van der Waals surface area contributed by atoms with Crippen molar-refractivity contribution in [1.29, 1.82) is 0 Å². The van der Waals surface area contributed by atoms with E-state index in [0.717, 1.165) is 23.8 Å². The molecule has 12 heteroatoms. The molecule has 0 radical (unpaired) electrons. The minimum absolute atomic E-state index is 0.101. The molecule has 0 saturated carbocycles. The molecule has 0 bridgehead atoms. The van der Waals surface area contributed by atoms with E-state index in [-0.39, 0.29) is 45.9 Å². The van der Waals surface area contributed by atoms with Crippen molar-refractivity contribution >= 4 is 11.6 Å². The number of ether oxygens (including phenoxy) is 1. The summed E-state index contributed by atoms with van der Waals surface area (Å²) in [6.45, 7) is 5.25. The Morgan fingerprint density at radius 3 is 2.51 bits per heavy atom. The Labute approximate surface area is 229 Å². The number of rotatable bonds is 11. The average Bonchev–Trinajstić information content (AvgIpc) is 3.51. The van der Waals surface area contributed by atoms with E-state index >= 15 is 0 Å². The summed E-state index contributed by atoms with van der Waals surface area (Å²) in [5.74, 6) is 0.617. The molecule has 0 N–H and O–H groups in total. The minimum atomic E-state index is -4.69. The second-order valence-electron chi connectivity index (χ2n) is 9.74. The Hall–Kier alpha value is -3.44. The molecule has 39 heavy (non-hydrogen) atoms. The first kappa shape index (κ1) is 28.6. The number of aryl methyl sites for hydroxylation is 1. The predicted molar refractivity (Wildman–Crippen MR) is 142 cm³/mol. The number of halogens is 4. The maximum absolute atomic E-state index is 14.3. The van der Waals surface area contributed by atoms with E-state index < -0.39 is 11.9 Å². The van der Waals surface area contributed by atoms with Crippen molar-refractivity contribution in [2.75, 3.05) is 27.2 Å². The van der Waals surface area contributed by atoms with E-state index in [2.05, 4.69) is 20.2 Å². The molecule has 0 unspecified atom stereocenters. The van der Waals surface area contributed by atoms with Crippen LogP contribution in [0.1, 0.15) is 32.4 Å². The van der Waals surface area contributed by atoms with Gasteiger partial charge in [-0.1, -0.05) is 42.7 Å². The predicted octanol–water partition coefficient (Wildman–Crippen LogP) is 6.71. The molecule has 0 spiro atoms. The van der Waals surface area contributed by atoms with Crippen LogP contribution in [0.3, 0.4) is 0 Å². The van der Waals surface area contributed by atoms with Crippen molar-refractivity contribution < 1.29 is 22.4 Å². The van der Waals surface area contributed by atoms with Gasteiger partial charge < -0.3 is 14.2 Å². The maximum atomic E-state index is 14.3. The average molecular weight is 563 g/mol. The largest absolute Gasteiger partial charge is 0.492 e. The summed E-state index contributed by atoms with van der Waals surface area (Å²) in [5, 5.41) is 8.47. The van der Waals surface area contributed by atoms with Gasteiger partial charge in [0.2, 0.25) is 0 Å². The van der Waals surface area contributed by atoms with Crippen LogP contribution in [-0.2, 0) is 12.7 Å². The second kappa shape index (κ2) is 12.2. The van der Waals surface area contributed by atoms with Gasteiger partial charge in [0.25, 0.3) is 0 Å². The Morgan fingerprint density at radius 1 is 1.10 bits per heavy atom. The number of aromatic nitrogens is 5. The fourth-order valence-electron chi connectivity index (χ4n) is 4.06. The lowest BCUT2D eigenvalue weighted by Gasteiger charge is -2.14. The lowest BCUT2D eigenvalue weighted by atomic mass is 10.0. The molecule has 4 aromatic rings. The summed E-state index contributed by atoms with van der Waals surface area (Å²) in [6.07, 6.45) is 0.745. The first-order chi connectivity index (χ1) is 18.6. The fraction of sp³-hybridized carbons (Fsp3) is 0.407. The third-order valence-electron chi connectivity index (χ3n) is 5.98. The van der Waals surface area contributed by atoms with Gasteiger partial charge in [0, 0.05) is 31.0 Å². The lowest BCUT2D eigenvalue weighted by molar-refractivity contribution is -0.143. The van der Waals surface area contributed by atoms with Gasteiger partial charge >= 0.3 is 6.18 Å². The van der Waals surface area contributed by atoms with E-state index in [1.54, 1.807) is 24.3 Å².